The highest BCUT2D eigenvalue weighted by atomic mass is 35.5. The summed E-state index contributed by atoms with van der Waals surface area (Å²) in [7, 11) is 0. The molecule has 2 saturated heterocycles. The molecule has 0 unspecified atom stereocenters. The number of nitrogens with one attached hydrogen (secondary N) is 2. The second kappa shape index (κ2) is 10.9. The zero-order valence-corrected chi connectivity index (χ0v) is 23.2. The first-order valence-electron chi connectivity index (χ1n) is 14.2. The molecule has 6 rings (SSSR count). The Kier molecular flexibility index (Phi) is 7.31. The number of rotatable bonds is 8. The second-order valence-corrected chi connectivity index (χ2v) is 11.5. The van der Waals surface area contributed by atoms with Gasteiger partial charge in [-0.05, 0) is 50.1 Å². The third kappa shape index (κ3) is 4.67. The Bertz CT molecular complexity index is 1320. The lowest BCUT2D eigenvalue weighted by molar-refractivity contribution is -0.142. The topological polar surface area (TPSA) is 97.0 Å². The number of hydrogen-bond donors (Lipinski definition) is 2. The molecule has 0 aromatic heterocycles. The molecule has 3 aliphatic heterocycles. The van der Waals surface area contributed by atoms with Gasteiger partial charge in [-0.1, -0.05) is 61.2 Å². The van der Waals surface area contributed by atoms with E-state index in [-0.39, 0.29) is 30.3 Å². The van der Waals surface area contributed by atoms with Gasteiger partial charge >= 0.3 is 0 Å². The maximum atomic E-state index is 14.3. The Labute approximate surface area is 239 Å². The van der Waals surface area contributed by atoms with Gasteiger partial charge < -0.3 is 25.0 Å². The lowest BCUT2D eigenvalue weighted by Crippen LogP contribution is -2.56. The van der Waals surface area contributed by atoms with Gasteiger partial charge in [-0.25, -0.2) is 0 Å². The number of amides is 3. The number of nitrogens with zero attached hydrogens (tertiary/aromatic N) is 1. The number of para-hydroxylation sites is 1. The molecular weight excluding hydrogens is 530 g/mol. The molecule has 8 nitrogen and oxygen atoms in total. The molecule has 3 amide bonds. The molecule has 1 spiro atoms. The Balaban J connectivity index is 1.33. The lowest BCUT2D eigenvalue weighted by Gasteiger charge is -2.34. The molecule has 1 aliphatic carbocycles. The van der Waals surface area contributed by atoms with Crippen molar-refractivity contribution in [2.24, 2.45) is 11.8 Å². The highest BCUT2D eigenvalue weighted by molar-refractivity contribution is 6.30. The largest absolute Gasteiger partial charge is 0.494 e. The van der Waals surface area contributed by atoms with Crippen molar-refractivity contribution >= 4 is 35.0 Å². The zero-order valence-electron chi connectivity index (χ0n) is 22.5. The van der Waals surface area contributed by atoms with E-state index in [0.717, 1.165) is 31.2 Å². The maximum absolute atomic E-state index is 14.3. The highest BCUT2D eigenvalue weighted by Gasteiger charge is 2.72. The van der Waals surface area contributed by atoms with E-state index in [2.05, 4.69) is 10.6 Å². The summed E-state index contributed by atoms with van der Waals surface area (Å²) in [6.07, 6.45) is 8.21. The minimum absolute atomic E-state index is 0.0657. The Morgan fingerprint density at radius 2 is 1.82 bits per heavy atom. The molecule has 210 valence electrons. The average molecular weight is 564 g/mol. The van der Waals surface area contributed by atoms with Gasteiger partial charge in [0.25, 0.3) is 0 Å². The summed E-state index contributed by atoms with van der Waals surface area (Å²) in [5.41, 5.74) is 0.156. The smallest absolute Gasteiger partial charge is 0.246 e. The van der Waals surface area contributed by atoms with E-state index < -0.39 is 29.6 Å². The minimum Gasteiger partial charge on any atom is -0.494 e. The van der Waals surface area contributed by atoms with Crippen LogP contribution in [0.5, 0.6) is 5.75 Å². The van der Waals surface area contributed by atoms with Gasteiger partial charge in [0.1, 0.15) is 17.4 Å². The van der Waals surface area contributed by atoms with Crippen LogP contribution in [0.3, 0.4) is 0 Å². The minimum atomic E-state index is -1.22. The number of hydrogen-bond acceptors (Lipinski definition) is 5. The van der Waals surface area contributed by atoms with Gasteiger partial charge in [-0.2, -0.15) is 0 Å². The standard InChI is InChI=1S/C31H34ClN3O5/c1-2-39-23-11-7-6-8-19(23)18-35-27(29(37)34-21-9-4-3-5-10-21)31-17-16-24(40-31)25(26(31)30(35)38)28(36)33-22-14-12-20(32)13-15-22/h6-8,11-17,21,24-27H,2-5,9-10,18H2,1H3,(H,33,36)(H,34,37)/t24-,25+,26-,27-,31-/m0/s1. The SMILES string of the molecule is CCOc1ccccc1CN1C(=O)[C@@H]2[C@H](C(=O)Nc3ccc(Cl)cc3)[C@@H]3C=C[C@@]2(O3)[C@@H]1C(=O)NC1CCCCC1. The van der Waals surface area contributed by atoms with E-state index in [1.54, 1.807) is 29.2 Å². The van der Waals surface area contributed by atoms with Crippen molar-refractivity contribution in [2.75, 3.05) is 11.9 Å². The summed E-state index contributed by atoms with van der Waals surface area (Å²) in [6, 6.07) is 13.5. The van der Waals surface area contributed by atoms with E-state index >= 15 is 0 Å². The second-order valence-electron chi connectivity index (χ2n) is 11.0. The predicted molar refractivity (Wildman–Crippen MR) is 151 cm³/mol. The van der Waals surface area contributed by atoms with E-state index in [1.165, 1.54) is 6.42 Å². The van der Waals surface area contributed by atoms with Crippen LogP contribution in [0.2, 0.25) is 5.02 Å². The number of likely N-dealkylation sites (tertiary alicyclic amines) is 1. The van der Waals surface area contributed by atoms with Crippen LogP contribution in [0.15, 0.2) is 60.7 Å². The van der Waals surface area contributed by atoms with Crippen molar-refractivity contribution in [1.29, 1.82) is 0 Å². The normalized spacial score (nSPS) is 28.9. The summed E-state index contributed by atoms with van der Waals surface area (Å²) in [5.74, 6) is -1.75. The van der Waals surface area contributed by atoms with Crippen LogP contribution in [0.25, 0.3) is 0 Å². The molecule has 5 atom stereocenters. The van der Waals surface area contributed by atoms with Crippen molar-refractivity contribution in [3.63, 3.8) is 0 Å². The summed E-state index contributed by atoms with van der Waals surface area (Å²) in [4.78, 5) is 43.5. The Morgan fingerprint density at radius 1 is 1.07 bits per heavy atom. The summed E-state index contributed by atoms with van der Waals surface area (Å²) in [6.45, 7) is 2.55. The van der Waals surface area contributed by atoms with Gasteiger partial charge in [0.2, 0.25) is 17.7 Å². The molecule has 9 heteroatoms. The van der Waals surface area contributed by atoms with E-state index in [0.29, 0.717) is 23.1 Å². The summed E-state index contributed by atoms with van der Waals surface area (Å²) >= 11 is 6.01. The molecule has 2 bridgehead atoms. The van der Waals surface area contributed by atoms with Gasteiger partial charge in [-0.3, -0.25) is 14.4 Å². The fourth-order valence-corrected chi connectivity index (χ4v) is 6.96. The van der Waals surface area contributed by atoms with E-state index in [9.17, 15) is 14.4 Å². The molecule has 3 heterocycles. The van der Waals surface area contributed by atoms with Crippen molar-refractivity contribution in [1.82, 2.24) is 10.2 Å². The Morgan fingerprint density at radius 3 is 2.58 bits per heavy atom. The van der Waals surface area contributed by atoms with Crippen LogP contribution in [0.1, 0.15) is 44.6 Å². The summed E-state index contributed by atoms with van der Waals surface area (Å²) in [5, 5.41) is 6.71. The monoisotopic (exact) mass is 563 g/mol. The number of anilines is 1. The van der Waals surface area contributed by atoms with Crippen molar-refractivity contribution in [3.8, 4) is 5.75 Å². The molecule has 3 fully saturated rings. The molecule has 1 saturated carbocycles. The van der Waals surface area contributed by atoms with Crippen LogP contribution in [-0.2, 0) is 25.7 Å². The number of halogens is 1. The first-order valence-corrected chi connectivity index (χ1v) is 14.5. The molecule has 2 aromatic rings. The van der Waals surface area contributed by atoms with Crippen LogP contribution < -0.4 is 15.4 Å². The number of carbonyl (C=O) groups is 3. The van der Waals surface area contributed by atoms with E-state index in [1.807, 2.05) is 43.3 Å². The quantitative estimate of drug-likeness (QED) is 0.462. The molecule has 2 aromatic carbocycles. The van der Waals surface area contributed by atoms with Crippen LogP contribution in [0, 0.1) is 11.8 Å². The van der Waals surface area contributed by atoms with Crippen LogP contribution in [0.4, 0.5) is 5.69 Å². The van der Waals surface area contributed by atoms with Crippen LogP contribution in [-0.4, -0.2) is 53.0 Å². The summed E-state index contributed by atoms with van der Waals surface area (Å²) < 4.78 is 12.3. The van der Waals surface area contributed by atoms with Crippen molar-refractivity contribution in [3.05, 3.63) is 71.3 Å². The number of carbonyl (C=O) groups excluding carboxylic acids is 3. The molecule has 2 N–H and O–H groups in total. The molecular formula is C31H34ClN3O5. The number of fused-ring (bicyclic) bond motifs is 1. The number of ether oxygens (including phenoxy) is 2. The third-order valence-electron chi connectivity index (χ3n) is 8.60. The lowest BCUT2D eigenvalue weighted by atomic mass is 9.74. The van der Waals surface area contributed by atoms with Crippen LogP contribution >= 0.6 is 11.6 Å². The average Bonchev–Trinajstić information content (AvgIpc) is 3.59. The Hall–Kier alpha value is -3.36. The molecule has 0 radical (unpaired) electrons. The zero-order chi connectivity index (χ0) is 27.9. The van der Waals surface area contributed by atoms with Gasteiger partial charge in [0, 0.05) is 22.3 Å². The number of benzene rings is 2. The van der Waals surface area contributed by atoms with E-state index in [4.69, 9.17) is 21.1 Å². The van der Waals surface area contributed by atoms with Crippen molar-refractivity contribution < 1.29 is 23.9 Å². The molecule has 4 aliphatic rings. The first kappa shape index (κ1) is 26.8. The van der Waals surface area contributed by atoms with Gasteiger partial charge in [0.15, 0.2) is 0 Å². The fourth-order valence-electron chi connectivity index (χ4n) is 6.84. The first-order chi connectivity index (χ1) is 19.4. The third-order valence-corrected chi connectivity index (χ3v) is 8.85. The van der Waals surface area contributed by atoms with Crippen molar-refractivity contribution in [2.45, 2.75) is 69.4 Å². The van der Waals surface area contributed by atoms with Gasteiger partial charge in [0.05, 0.1) is 31.1 Å². The molecule has 40 heavy (non-hydrogen) atoms. The predicted octanol–water partition coefficient (Wildman–Crippen LogP) is 4.48. The fraction of sp³-hybridized carbons (Fsp3) is 0.452. The highest BCUT2D eigenvalue weighted by Crippen LogP contribution is 2.55. The maximum Gasteiger partial charge on any atom is 0.246 e. The van der Waals surface area contributed by atoms with Gasteiger partial charge in [-0.15, -0.1) is 0 Å².